The second kappa shape index (κ2) is 5.64. The van der Waals surface area contributed by atoms with Crippen LogP contribution in [0.3, 0.4) is 0 Å². The van der Waals surface area contributed by atoms with E-state index < -0.39 is 17.5 Å². The summed E-state index contributed by atoms with van der Waals surface area (Å²) in [6, 6.07) is 12.6. The summed E-state index contributed by atoms with van der Waals surface area (Å²) >= 11 is 0. The first-order valence-electron chi connectivity index (χ1n) is 6.73. The highest BCUT2D eigenvalue weighted by molar-refractivity contribution is 5.73. The molecule has 0 spiro atoms. The number of pyridine rings is 1. The Hall–Kier alpha value is -2.62. The molecule has 1 heterocycles. The first-order chi connectivity index (χ1) is 10.6. The van der Waals surface area contributed by atoms with Gasteiger partial charge < -0.3 is 0 Å². The first kappa shape index (κ1) is 14.3. The van der Waals surface area contributed by atoms with Gasteiger partial charge in [-0.25, -0.2) is 13.2 Å². The molecule has 1 aromatic heterocycles. The predicted octanol–water partition coefficient (Wildman–Crippen LogP) is 5.14. The molecule has 4 heteroatoms. The Morgan fingerprint density at radius 3 is 2.18 bits per heavy atom. The van der Waals surface area contributed by atoms with Gasteiger partial charge in [-0.3, -0.25) is 4.98 Å². The second-order valence-corrected chi connectivity index (χ2v) is 5.00. The summed E-state index contributed by atoms with van der Waals surface area (Å²) in [5.74, 6) is -3.15. The van der Waals surface area contributed by atoms with Gasteiger partial charge in [-0.2, -0.15) is 0 Å². The van der Waals surface area contributed by atoms with E-state index >= 15 is 0 Å². The Kier molecular flexibility index (Phi) is 3.67. The van der Waals surface area contributed by atoms with E-state index in [-0.39, 0.29) is 11.3 Å². The number of hydrogen-bond donors (Lipinski definition) is 0. The topological polar surface area (TPSA) is 12.9 Å². The first-order valence-corrected chi connectivity index (χ1v) is 6.73. The van der Waals surface area contributed by atoms with Crippen LogP contribution in [0, 0.1) is 24.4 Å². The molecule has 0 aliphatic carbocycles. The number of halogens is 3. The molecule has 3 rings (SSSR count). The predicted molar refractivity (Wildman–Crippen MR) is 79.7 cm³/mol. The average molecular weight is 299 g/mol. The summed E-state index contributed by atoms with van der Waals surface area (Å²) in [7, 11) is 0. The molecule has 0 bridgehead atoms. The monoisotopic (exact) mass is 299 g/mol. The van der Waals surface area contributed by atoms with Crippen LogP contribution in [0.2, 0.25) is 0 Å². The van der Waals surface area contributed by atoms with Gasteiger partial charge in [0.15, 0.2) is 11.6 Å². The second-order valence-electron chi connectivity index (χ2n) is 5.00. The third-order valence-corrected chi connectivity index (χ3v) is 3.47. The fraction of sp³-hybridized carbons (Fsp3) is 0.0556. The van der Waals surface area contributed by atoms with E-state index in [9.17, 15) is 13.2 Å². The number of rotatable bonds is 2. The molecule has 22 heavy (non-hydrogen) atoms. The van der Waals surface area contributed by atoms with Gasteiger partial charge in [0, 0.05) is 17.8 Å². The van der Waals surface area contributed by atoms with Crippen LogP contribution in [0.5, 0.6) is 0 Å². The molecule has 0 radical (unpaired) electrons. The molecule has 0 unspecified atom stereocenters. The quantitative estimate of drug-likeness (QED) is 0.597. The van der Waals surface area contributed by atoms with Gasteiger partial charge in [-0.05, 0) is 35.7 Å². The number of nitrogens with zero attached hydrogens (tertiary/aromatic N) is 1. The number of hydrogen-bond acceptors (Lipinski definition) is 1. The van der Waals surface area contributed by atoms with E-state index in [0.717, 1.165) is 22.8 Å². The van der Waals surface area contributed by atoms with E-state index in [1.165, 1.54) is 0 Å². The highest BCUT2D eigenvalue weighted by atomic mass is 19.2. The van der Waals surface area contributed by atoms with E-state index in [2.05, 4.69) is 4.98 Å². The maximum absolute atomic E-state index is 13.9. The van der Waals surface area contributed by atoms with Crippen LogP contribution in [0.25, 0.3) is 22.4 Å². The van der Waals surface area contributed by atoms with Crippen molar-refractivity contribution in [1.29, 1.82) is 0 Å². The van der Waals surface area contributed by atoms with Crippen molar-refractivity contribution in [2.24, 2.45) is 0 Å². The summed E-state index contributed by atoms with van der Waals surface area (Å²) < 4.78 is 40.3. The van der Waals surface area contributed by atoms with Crippen LogP contribution in [-0.4, -0.2) is 4.98 Å². The minimum absolute atomic E-state index is 0.0592. The third kappa shape index (κ3) is 2.60. The van der Waals surface area contributed by atoms with Crippen LogP contribution >= 0.6 is 0 Å². The lowest BCUT2D eigenvalue weighted by Crippen LogP contribution is -1.95. The van der Waals surface area contributed by atoms with Crippen molar-refractivity contribution < 1.29 is 13.2 Å². The number of aromatic nitrogens is 1. The summed E-state index contributed by atoms with van der Waals surface area (Å²) in [4.78, 5) is 4.14. The Morgan fingerprint density at radius 1 is 0.773 bits per heavy atom. The van der Waals surface area contributed by atoms with Crippen molar-refractivity contribution in [3.05, 3.63) is 77.7 Å². The molecule has 0 saturated carbocycles. The molecular weight excluding hydrogens is 287 g/mol. The molecule has 0 atom stereocenters. The summed E-state index contributed by atoms with van der Waals surface area (Å²) in [6.07, 6.45) is 1.60. The number of aryl methyl sites for hydroxylation is 1. The smallest absolute Gasteiger partial charge is 0.161 e. The Labute approximate surface area is 126 Å². The maximum Gasteiger partial charge on any atom is 0.161 e. The van der Waals surface area contributed by atoms with Crippen molar-refractivity contribution in [3.63, 3.8) is 0 Å². The molecule has 3 aromatic rings. The van der Waals surface area contributed by atoms with Crippen molar-refractivity contribution in [2.75, 3.05) is 0 Å². The van der Waals surface area contributed by atoms with Gasteiger partial charge in [0.05, 0.1) is 5.69 Å². The summed E-state index contributed by atoms with van der Waals surface area (Å²) in [5, 5.41) is 0. The molecule has 0 amide bonds. The van der Waals surface area contributed by atoms with Crippen LogP contribution in [0.1, 0.15) is 5.56 Å². The maximum atomic E-state index is 13.9. The van der Waals surface area contributed by atoms with Crippen LogP contribution < -0.4 is 0 Å². The molecular formula is C18H12F3N. The zero-order chi connectivity index (χ0) is 15.7. The fourth-order valence-corrected chi connectivity index (χ4v) is 2.32. The summed E-state index contributed by atoms with van der Waals surface area (Å²) in [6.45, 7) is 1.89. The lowest BCUT2D eigenvalue weighted by molar-refractivity contribution is 0.496. The lowest BCUT2D eigenvalue weighted by Gasteiger charge is -2.10. The van der Waals surface area contributed by atoms with Crippen LogP contribution in [0.4, 0.5) is 13.2 Å². The molecule has 0 aliphatic rings. The molecule has 0 fully saturated rings. The van der Waals surface area contributed by atoms with Gasteiger partial charge in [-0.15, -0.1) is 0 Å². The molecule has 2 aromatic carbocycles. The van der Waals surface area contributed by atoms with Crippen molar-refractivity contribution >= 4 is 0 Å². The highest BCUT2D eigenvalue weighted by Gasteiger charge is 2.14. The van der Waals surface area contributed by atoms with E-state index in [1.54, 1.807) is 12.3 Å². The molecule has 0 saturated heterocycles. The van der Waals surface area contributed by atoms with Gasteiger partial charge >= 0.3 is 0 Å². The van der Waals surface area contributed by atoms with Crippen molar-refractivity contribution in [3.8, 4) is 22.4 Å². The number of benzene rings is 2. The van der Waals surface area contributed by atoms with Crippen molar-refractivity contribution in [2.45, 2.75) is 6.92 Å². The van der Waals surface area contributed by atoms with E-state index in [0.29, 0.717) is 6.07 Å². The van der Waals surface area contributed by atoms with Gasteiger partial charge in [0.25, 0.3) is 0 Å². The van der Waals surface area contributed by atoms with Gasteiger partial charge in [0.2, 0.25) is 0 Å². The zero-order valence-electron chi connectivity index (χ0n) is 11.8. The Bertz CT molecular complexity index is 829. The van der Waals surface area contributed by atoms with Crippen LogP contribution in [-0.2, 0) is 0 Å². The standard InChI is InChI=1S/C18H12F3N/c1-11-10-22-18(8-13(11)12-5-3-2-4-6-12)14-7-16(20)17(21)9-15(14)19/h2-10H,1H3. The summed E-state index contributed by atoms with van der Waals surface area (Å²) in [5.41, 5.74) is 2.94. The van der Waals surface area contributed by atoms with Crippen LogP contribution in [0.15, 0.2) is 54.7 Å². The fourth-order valence-electron chi connectivity index (χ4n) is 2.32. The third-order valence-electron chi connectivity index (χ3n) is 3.47. The lowest BCUT2D eigenvalue weighted by atomic mass is 9.99. The van der Waals surface area contributed by atoms with Crippen molar-refractivity contribution in [1.82, 2.24) is 4.98 Å². The highest BCUT2D eigenvalue weighted by Crippen LogP contribution is 2.29. The zero-order valence-corrected chi connectivity index (χ0v) is 11.8. The van der Waals surface area contributed by atoms with E-state index in [4.69, 9.17) is 0 Å². The van der Waals surface area contributed by atoms with Gasteiger partial charge in [-0.1, -0.05) is 30.3 Å². The van der Waals surface area contributed by atoms with E-state index in [1.807, 2.05) is 37.3 Å². The Morgan fingerprint density at radius 2 is 1.45 bits per heavy atom. The minimum atomic E-state index is -1.21. The normalized spacial score (nSPS) is 10.7. The Balaban J connectivity index is 2.16. The largest absolute Gasteiger partial charge is 0.256 e. The average Bonchev–Trinajstić information content (AvgIpc) is 2.52. The molecule has 1 nitrogen and oxygen atoms in total. The molecule has 0 aliphatic heterocycles. The SMILES string of the molecule is Cc1cnc(-c2cc(F)c(F)cc2F)cc1-c1ccccc1. The molecule has 110 valence electrons. The minimum Gasteiger partial charge on any atom is -0.256 e. The molecule has 0 N–H and O–H groups in total. The van der Waals surface area contributed by atoms with Gasteiger partial charge in [0.1, 0.15) is 5.82 Å².